The Morgan fingerprint density at radius 3 is 2.11 bits per heavy atom. The minimum Gasteiger partial charge on any atom is -0.487 e. The van der Waals surface area contributed by atoms with E-state index in [0.29, 0.717) is 11.0 Å². The number of ether oxygens (including phenoxy) is 1. The molecule has 0 atom stereocenters. The van der Waals surface area contributed by atoms with E-state index >= 15 is 0 Å². The Morgan fingerprint density at radius 1 is 1.56 bits per heavy atom. The van der Waals surface area contributed by atoms with Gasteiger partial charge in [0, 0.05) is 58.3 Å². The van der Waals surface area contributed by atoms with Crippen LogP contribution in [0.25, 0.3) is 0 Å². The summed E-state index contributed by atoms with van der Waals surface area (Å²) in [6.07, 6.45) is 0. The van der Waals surface area contributed by atoms with E-state index in [1.54, 1.807) is 6.92 Å². The van der Waals surface area contributed by atoms with Gasteiger partial charge in [0.25, 0.3) is 0 Å². The van der Waals surface area contributed by atoms with Gasteiger partial charge in [0.1, 0.15) is 0 Å². The second kappa shape index (κ2) is 7.63. The third-order valence-corrected chi connectivity index (χ3v) is 0.738. The van der Waals surface area contributed by atoms with Crippen molar-refractivity contribution in [3.63, 3.8) is 0 Å². The molecule has 0 saturated carbocycles. The van der Waals surface area contributed by atoms with Crippen LogP contribution in [0.15, 0.2) is 0 Å². The largest absolute Gasteiger partial charge is 0.487 e. The number of hydrogen-bond donors (Lipinski definition) is 0. The van der Waals surface area contributed by atoms with Crippen LogP contribution >= 0.6 is 12.2 Å². The molecule has 0 aliphatic rings. The van der Waals surface area contributed by atoms with Gasteiger partial charge in [0.15, 0.2) is 5.05 Å². The molecular weight excluding hydrogens is 159 g/mol. The fraction of sp³-hybridized carbons (Fsp3) is 0.833. The van der Waals surface area contributed by atoms with Crippen molar-refractivity contribution in [1.29, 1.82) is 0 Å². The van der Waals surface area contributed by atoms with Gasteiger partial charge in [-0.05, 0) is 18.1 Å². The first-order valence-electron chi connectivity index (χ1n) is 2.76. The SMILES string of the molecule is CC(=S)OCC(C)C.[K]. The maximum Gasteiger partial charge on any atom is 0.156 e. The van der Waals surface area contributed by atoms with Gasteiger partial charge in [-0.1, -0.05) is 13.8 Å². The molecule has 0 spiro atoms. The van der Waals surface area contributed by atoms with Gasteiger partial charge in [-0.3, -0.25) is 0 Å². The van der Waals surface area contributed by atoms with E-state index in [1.165, 1.54) is 0 Å². The van der Waals surface area contributed by atoms with Crippen LogP contribution in [-0.2, 0) is 4.74 Å². The Bertz CT molecular complexity index is 83.1. The summed E-state index contributed by atoms with van der Waals surface area (Å²) in [5.74, 6) is 0.577. The van der Waals surface area contributed by atoms with Crippen LogP contribution in [0.5, 0.6) is 0 Å². The Hall–Kier alpha value is 1.53. The topological polar surface area (TPSA) is 9.23 Å². The van der Waals surface area contributed by atoms with Gasteiger partial charge in [-0.2, -0.15) is 0 Å². The van der Waals surface area contributed by atoms with E-state index in [9.17, 15) is 0 Å². The van der Waals surface area contributed by atoms with Crippen molar-refractivity contribution in [3.05, 3.63) is 0 Å². The summed E-state index contributed by atoms with van der Waals surface area (Å²) in [6, 6.07) is 0. The molecule has 0 unspecified atom stereocenters. The minimum absolute atomic E-state index is 0. The second-order valence-electron chi connectivity index (χ2n) is 2.20. The van der Waals surface area contributed by atoms with Gasteiger partial charge < -0.3 is 4.74 Å². The first-order chi connectivity index (χ1) is 3.63. The smallest absolute Gasteiger partial charge is 0.156 e. The van der Waals surface area contributed by atoms with Crippen molar-refractivity contribution in [2.45, 2.75) is 20.8 Å². The molecule has 0 aromatic rings. The van der Waals surface area contributed by atoms with Crippen LogP contribution < -0.4 is 0 Å². The summed E-state index contributed by atoms with van der Waals surface area (Å²) in [5.41, 5.74) is 0. The molecule has 0 aromatic carbocycles. The molecule has 0 heterocycles. The molecule has 0 N–H and O–H groups in total. The maximum atomic E-state index is 5.03. The van der Waals surface area contributed by atoms with Crippen LogP contribution in [0, 0.1) is 5.92 Å². The van der Waals surface area contributed by atoms with Crippen LogP contribution in [0.4, 0.5) is 0 Å². The molecule has 0 aliphatic heterocycles. The molecule has 0 saturated heterocycles. The molecule has 1 radical (unpaired) electrons. The average molecular weight is 171 g/mol. The van der Waals surface area contributed by atoms with Crippen LogP contribution in [-0.4, -0.2) is 63.0 Å². The zero-order valence-corrected chi connectivity index (χ0v) is 10.5. The van der Waals surface area contributed by atoms with Crippen LogP contribution in [0.1, 0.15) is 20.8 Å². The Morgan fingerprint density at radius 2 is 2.00 bits per heavy atom. The summed E-state index contributed by atoms with van der Waals surface area (Å²) < 4.78 is 5.03. The van der Waals surface area contributed by atoms with E-state index in [1.807, 2.05) is 0 Å². The monoisotopic (exact) mass is 171 g/mol. The van der Waals surface area contributed by atoms with Gasteiger partial charge in [0.2, 0.25) is 0 Å². The Balaban J connectivity index is 0. The van der Waals surface area contributed by atoms with Crippen molar-refractivity contribution >= 4 is 68.7 Å². The maximum absolute atomic E-state index is 5.03. The van der Waals surface area contributed by atoms with Crippen LogP contribution in [0.2, 0.25) is 0 Å². The normalized spacial score (nSPS) is 8.44. The molecular formula is C6H12KOS. The van der Waals surface area contributed by atoms with Crippen molar-refractivity contribution in [1.82, 2.24) is 0 Å². The molecule has 0 amide bonds. The van der Waals surface area contributed by atoms with E-state index < -0.39 is 0 Å². The molecule has 0 aliphatic carbocycles. The molecule has 0 rings (SSSR count). The number of rotatable bonds is 2. The molecule has 9 heavy (non-hydrogen) atoms. The van der Waals surface area contributed by atoms with E-state index in [-0.39, 0.29) is 51.4 Å². The quantitative estimate of drug-likeness (QED) is 0.461. The number of hydrogen-bond acceptors (Lipinski definition) is 2. The first kappa shape index (κ1) is 13.1. The summed E-state index contributed by atoms with van der Waals surface area (Å²) in [6.45, 7) is 6.73. The van der Waals surface area contributed by atoms with Crippen molar-refractivity contribution in [2.75, 3.05) is 6.61 Å². The molecule has 3 heteroatoms. The molecule has 0 aromatic heterocycles. The zero-order chi connectivity index (χ0) is 6.57. The van der Waals surface area contributed by atoms with Crippen molar-refractivity contribution in [3.8, 4) is 0 Å². The van der Waals surface area contributed by atoms with Gasteiger partial charge in [0.05, 0.1) is 6.61 Å². The number of thiocarbonyl (C=S) groups is 1. The third kappa shape index (κ3) is 12.7. The predicted octanol–water partition coefficient (Wildman–Crippen LogP) is 1.63. The first-order valence-corrected chi connectivity index (χ1v) is 3.17. The van der Waals surface area contributed by atoms with E-state index in [2.05, 4.69) is 13.8 Å². The molecule has 1 nitrogen and oxygen atoms in total. The fourth-order valence-corrected chi connectivity index (χ4v) is 0.352. The summed E-state index contributed by atoms with van der Waals surface area (Å²) >= 11 is 4.69. The summed E-state index contributed by atoms with van der Waals surface area (Å²) in [5, 5.41) is 0.638. The Kier molecular flexibility index (Phi) is 11.1. The fourth-order valence-electron chi connectivity index (χ4n) is 0.284. The Labute approximate surface area is 105 Å². The summed E-state index contributed by atoms with van der Waals surface area (Å²) in [4.78, 5) is 0. The summed E-state index contributed by atoms with van der Waals surface area (Å²) in [7, 11) is 0. The average Bonchev–Trinajstić information content (AvgIpc) is 1.61. The standard InChI is InChI=1S/C6H12OS.K/c1-5(2)4-7-6(3)8;/h5H,4H2,1-3H3;. The van der Waals surface area contributed by atoms with E-state index in [4.69, 9.17) is 17.0 Å². The molecule has 0 fully saturated rings. The zero-order valence-electron chi connectivity index (χ0n) is 6.60. The van der Waals surface area contributed by atoms with Crippen molar-refractivity contribution < 1.29 is 4.74 Å². The third-order valence-electron chi connectivity index (χ3n) is 0.620. The molecule has 0 bridgehead atoms. The minimum atomic E-state index is 0. The van der Waals surface area contributed by atoms with E-state index in [0.717, 1.165) is 6.61 Å². The van der Waals surface area contributed by atoms with Crippen molar-refractivity contribution in [2.24, 2.45) is 5.92 Å². The van der Waals surface area contributed by atoms with Gasteiger partial charge in [-0.25, -0.2) is 0 Å². The second-order valence-corrected chi connectivity index (χ2v) is 2.77. The molecule has 49 valence electrons. The van der Waals surface area contributed by atoms with Crippen LogP contribution in [0.3, 0.4) is 0 Å². The predicted molar refractivity (Wildman–Crippen MR) is 44.8 cm³/mol. The van der Waals surface area contributed by atoms with Gasteiger partial charge in [-0.15, -0.1) is 0 Å². The van der Waals surface area contributed by atoms with Gasteiger partial charge >= 0.3 is 0 Å².